The van der Waals surface area contributed by atoms with Crippen molar-refractivity contribution in [2.75, 3.05) is 38.3 Å². The topological polar surface area (TPSA) is 75.1 Å². The van der Waals surface area contributed by atoms with Crippen LogP contribution in [-0.4, -0.2) is 66.5 Å². The number of nitrogens with zero attached hydrogens (tertiary/aromatic N) is 3. The maximum Gasteiger partial charge on any atom is 0.223 e. The van der Waals surface area contributed by atoms with Gasteiger partial charge in [0.1, 0.15) is 17.4 Å². The number of aliphatic hydroxyl groups is 1. The number of aryl methyl sites for hydroxylation is 1. The molecule has 7 nitrogen and oxygen atoms in total. The molecule has 2 aliphatic rings. The average Bonchev–Trinajstić information content (AvgIpc) is 3.45. The number of pyridine rings is 1. The van der Waals surface area contributed by atoms with Gasteiger partial charge in [-0.2, -0.15) is 0 Å². The summed E-state index contributed by atoms with van der Waals surface area (Å²) in [5, 5.41) is 10.9. The average molecular weight is 522 g/mol. The van der Waals surface area contributed by atoms with Gasteiger partial charge >= 0.3 is 0 Å². The zero-order valence-electron chi connectivity index (χ0n) is 21.9. The monoisotopic (exact) mass is 521 g/mol. The summed E-state index contributed by atoms with van der Waals surface area (Å²) >= 11 is 0. The van der Waals surface area contributed by atoms with Crippen LogP contribution in [0.5, 0.6) is 5.75 Å². The van der Waals surface area contributed by atoms with Gasteiger partial charge in [-0.1, -0.05) is 18.2 Å². The number of anilines is 1. The highest BCUT2D eigenvalue weighted by Crippen LogP contribution is 2.29. The molecule has 0 bridgehead atoms. The summed E-state index contributed by atoms with van der Waals surface area (Å²) in [5.74, 6) is 1.26. The predicted octanol–water partition coefficient (Wildman–Crippen LogP) is 4.48. The fourth-order valence-electron chi connectivity index (χ4n) is 5.45. The van der Waals surface area contributed by atoms with Crippen LogP contribution in [0.3, 0.4) is 0 Å². The SMILES string of the molecule is COc1ccccc1CCC(=O)N(Cc1cc2ccc(F)cc2nc1N1CCC(O)CC1)C[C@@H]1CCCO1. The molecule has 0 aliphatic carbocycles. The quantitative estimate of drug-likeness (QED) is 0.448. The Balaban J connectivity index is 1.43. The van der Waals surface area contributed by atoms with E-state index in [1.807, 2.05) is 35.2 Å². The Kier molecular flexibility index (Phi) is 8.39. The Bertz CT molecular complexity index is 1260. The highest BCUT2D eigenvalue weighted by atomic mass is 19.1. The van der Waals surface area contributed by atoms with Gasteiger partial charge in [0.2, 0.25) is 5.91 Å². The molecule has 5 rings (SSSR count). The van der Waals surface area contributed by atoms with E-state index in [1.54, 1.807) is 13.2 Å². The molecule has 1 N–H and O–H groups in total. The van der Waals surface area contributed by atoms with Crippen molar-refractivity contribution in [2.45, 2.75) is 57.3 Å². The van der Waals surface area contributed by atoms with Gasteiger partial charge in [-0.15, -0.1) is 0 Å². The van der Waals surface area contributed by atoms with Crippen LogP contribution in [-0.2, 0) is 22.5 Å². The lowest BCUT2D eigenvalue weighted by Gasteiger charge is -2.33. The van der Waals surface area contributed by atoms with Gasteiger partial charge in [-0.05, 0) is 61.9 Å². The second-order valence-electron chi connectivity index (χ2n) is 10.2. The fraction of sp³-hybridized carbons (Fsp3) is 0.467. The molecule has 0 saturated carbocycles. The number of amides is 1. The number of carbonyl (C=O) groups excluding carboxylic acids is 1. The minimum Gasteiger partial charge on any atom is -0.496 e. The van der Waals surface area contributed by atoms with E-state index in [0.29, 0.717) is 57.4 Å². The first-order chi connectivity index (χ1) is 18.5. The van der Waals surface area contributed by atoms with E-state index in [4.69, 9.17) is 14.5 Å². The van der Waals surface area contributed by atoms with Crippen molar-refractivity contribution in [3.63, 3.8) is 0 Å². The molecule has 2 saturated heterocycles. The van der Waals surface area contributed by atoms with Crippen LogP contribution in [0.1, 0.15) is 43.2 Å². The molecule has 2 aromatic carbocycles. The molecule has 3 heterocycles. The Labute approximate surface area is 223 Å². The normalized spacial score (nSPS) is 18.2. The summed E-state index contributed by atoms with van der Waals surface area (Å²) < 4.78 is 25.4. The highest BCUT2D eigenvalue weighted by molar-refractivity contribution is 5.82. The standard InChI is InChI=1S/C30H36FN3O4/c1-37-28-7-3-2-5-21(28)9-11-29(36)34(20-26-6-4-16-38-26)19-23-17-22-8-10-24(31)18-27(22)32-30(23)33-14-12-25(35)13-15-33/h2-3,5,7-8,10,17-18,25-26,35H,4,6,9,11-16,19-20H2,1H3/t26-/m0/s1. The number of hydrogen-bond donors (Lipinski definition) is 1. The van der Waals surface area contributed by atoms with E-state index in [1.165, 1.54) is 12.1 Å². The van der Waals surface area contributed by atoms with E-state index in [9.17, 15) is 14.3 Å². The van der Waals surface area contributed by atoms with Crippen molar-refractivity contribution in [2.24, 2.45) is 0 Å². The van der Waals surface area contributed by atoms with E-state index in [2.05, 4.69) is 4.90 Å². The molecule has 1 aromatic heterocycles. The molecule has 1 atom stereocenters. The van der Waals surface area contributed by atoms with Crippen LogP contribution in [0.4, 0.5) is 10.2 Å². The van der Waals surface area contributed by atoms with E-state index < -0.39 is 0 Å². The Morgan fingerprint density at radius 3 is 2.74 bits per heavy atom. The summed E-state index contributed by atoms with van der Waals surface area (Å²) in [6.07, 6.45) is 3.86. The van der Waals surface area contributed by atoms with E-state index in [-0.39, 0.29) is 23.9 Å². The molecule has 0 spiro atoms. The van der Waals surface area contributed by atoms with Crippen LogP contribution in [0.2, 0.25) is 0 Å². The largest absolute Gasteiger partial charge is 0.496 e. The summed E-state index contributed by atoms with van der Waals surface area (Å²) in [7, 11) is 1.64. The lowest BCUT2D eigenvalue weighted by atomic mass is 10.0. The van der Waals surface area contributed by atoms with Gasteiger partial charge in [-0.25, -0.2) is 9.37 Å². The van der Waals surface area contributed by atoms with Gasteiger partial charge in [0, 0.05) is 56.2 Å². The van der Waals surface area contributed by atoms with Crippen molar-refractivity contribution >= 4 is 22.6 Å². The van der Waals surface area contributed by atoms with Crippen LogP contribution in [0.25, 0.3) is 10.9 Å². The zero-order chi connectivity index (χ0) is 26.5. The number of methoxy groups -OCH3 is 1. The number of aromatic nitrogens is 1. The third-order valence-electron chi connectivity index (χ3n) is 7.56. The molecular weight excluding hydrogens is 485 g/mol. The molecule has 2 fully saturated rings. The van der Waals surface area contributed by atoms with Gasteiger partial charge in [-0.3, -0.25) is 4.79 Å². The molecule has 0 unspecified atom stereocenters. The van der Waals surface area contributed by atoms with Crippen molar-refractivity contribution in [1.82, 2.24) is 9.88 Å². The Morgan fingerprint density at radius 2 is 1.97 bits per heavy atom. The van der Waals surface area contributed by atoms with Crippen molar-refractivity contribution in [3.05, 3.63) is 65.5 Å². The second kappa shape index (κ2) is 12.1. The van der Waals surface area contributed by atoms with E-state index in [0.717, 1.165) is 47.5 Å². The van der Waals surface area contributed by atoms with Gasteiger partial charge < -0.3 is 24.4 Å². The van der Waals surface area contributed by atoms with Gasteiger partial charge in [0.05, 0.1) is 24.8 Å². The number of halogens is 1. The first-order valence-electron chi connectivity index (χ1n) is 13.5. The number of benzene rings is 2. The number of hydrogen-bond acceptors (Lipinski definition) is 6. The van der Waals surface area contributed by atoms with Crippen molar-refractivity contribution in [3.8, 4) is 5.75 Å². The molecule has 1 amide bonds. The predicted molar refractivity (Wildman–Crippen MR) is 145 cm³/mol. The molecule has 3 aromatic rings. The Morgan fingerprint density at radius 1 is 1.16 bits per heavy atom. The smallest absolute Gasteiger partial charge is 0.223 e. The third-order valence-corrected chi connectivity index (χ3v) is 7.56. The third kappa shape index (κ3) is 6.25. The summed E-state index contributed by atoms with van der Waals surface area (Å²) in [6.45, 7) is 2.95. The van der Waals surface area contributed by atoms with Crippen LogP contribution < -0.4 is 9.64 Å². The summed E-state index contributed by atoms with van der Waals surface area (Å²) in [4.78, 5) is 22.6. The number of para-hydroxylation sites is 1. The van der Waals surface area contributed by atoms with Gasteiger partial charge in [0.25, 0.3) is 0 Å². The first kappa shape index (κ1) is 26.4. The Hall–Kier alpha value is -3.23. The lowest BCUT2D eigenvalue weighted by Crippen LogP contribution is -2.39. The number of rotatable bonds is 9. The number of carbonyl (C=O) groups is 1. The maximum absolute atomic E-state index is 14.0. The molecule has 2 aliphatic heterocycles. The van der Waals surface area contributed by atoms with Crippen molar-refractivity contribution in [1.29, 1.82) is 0 Å². The number of fused-ring (bicyclic) bond motifs is 1. The van der Waals surface area contributed by atoms with Crippen LogP contribution in [0, 0.1) is 5.82 Å². The summed E-state index contributed by atoms with van der Waals surface area (Å²) in [6, 6.07) is 14.4. The molecular formula is C30H36FN3O4. The number of aliphatic hydroxyl groups excluding tert-OH is 1. The van der Waals surface area contributed by atoms with Crippen LogP contribution in [0.15, 0.2) is 48.5 Å². The minimum atomic E-state index is -0.329. The lowest BCUT2D eigenvalue weighted by molar-refractivity contribution is -0.133. The molecule has 202 valence electrons. The van der Waals surface area contributed by atoms with Crippen molar-refractivity contribution < 1.29 is 23.8 Å². The molecule has 8 heteroatoms. The summed E-state index contributed by atoms with van der Waals surface area (Å²) in [5.41, 5.74) is 2.51. The minimum absolute atomic E-state index is 0.0151. The fourth-order valence-corrected chi connectivity index (χ4v) is 5.45. The van der Waals surface area contributed by atoms with E-state index >= 15 is 0 Å². The highest BCUT2D eigenvalue weighted by Gasteiger charge is 2.26. The van der Waals surface area contributed by atoms with Crippen LogP contribution >= 0.6 is 0 Å². The zero-order valence-corrected chi connectivity index (χ0v) is 21.9. The molecule has 0 radical (unpaired) electrons. The number of ether oxygens (including phenoxy) is 2. The molecule has 38 heavy (non-hydrogen) atoms. The first-order valence-corrected chi connectivity index (χ1v) is 13.5. The maximum atomic E-state index is 14.0. The number of piperidine rings is 1. The second-order valence-corrected chi connectivity index (χ2v) is 10.2. The van der Waals surface area contributed by atoms with Gasteiger partial charge in [0.15, 0.2) is 0 Å².